The van der Waals surface area contributed by atoms with Gasteiger partial charge in [0.05, 0.1) is 11.3 Å². The van der Waals surface area contributed by atoms with Crippen LogP contribution in [-0.2, 0) is 5.54 Å². The van der Waals surface area contributed by atoms with Crippen LogP contribution in [0.2, 0.25) is 0 Å². The fourth-order valence-electron chi connectivity index (χ4n) is 4.97. The Kier molecular flexibility index (Phi) is 5.11. The molecule has 2 aromatic rings. The van der Waals surface area contributed by atoms with Crippen LogP contribution in [0.25, 0.3) is 0 Å². The van der Waals surface area contributed by atoms with Crippen LogP contribution in [0.5, 0.6) is 0 Å². The maximum atomic E-state index is 10.7. The average molecular weight is 377 g/mol. The average Bonchev–Trinajstić information content (AvgIpc) is 3.06. The Balaban J connectivity index is 1.55. The Morgan fingerprint density at radius 2 is 1.79 bits per heavy atom. The number of anilines is 1. The second-order valence-corrected chi connectivity index (χ2v) is 8.03. The number of nitrogens with zero attached hydrogens (tertiary/aromatic N) is 2. The summed E-state index contributed by atoms with van der Waals surface area (Å²) in [6.07, 6.45) is 3.20. The van der Waals surface area contributed by atoms with Crippen molar-refractivity contribution >= 4 is 5.69 Å². The molecular formula is C23H28N4O. The van der Waals surface area contributed by atoms with E-state index in [0.29, 0.717) is 12.1 Å². The van der Waals surface area contributed by atoms with Gasteiger partial charge in [-0.25, -0.2) is 0 Å². The van der Waals surface area contributed by atoms with Crippen molar-refractivity contribution < 1.29 is 5.11 Å². The molecule has 28 heavy (non-hydrogen) atoms. The third-order valence-corrected chi connectivity index (χ3v) is 6.44. The highest BCUT2D eigenvalue weighted by atomic mass is 16.3. The molecule has 0 bridgehead atoms. The van der Waals surface area contributed by atoms with E-state index in [1.807, 2.05) is 23.1 Å². The van der Waals surface area contributed by atoms with Gasteiger partial charge in [0.25, 0.3) is 0 Å². The highest BCUT2D eigenvalue weighted by Gasteiger charge is 2.49. The first-order valence-corrected chi connectivity index (χ1v) is 10.1. The summed E-state index contributed by atoms with van der Waals surface area (Å²) in [7, 11) is 0. The number of nitrogens with one attached hydrogen (secondary N) is 2. The van der Waals surface area contributed by atoms with Crippen molar-refractivity contribution in [3.63, 3.8) is 0 Å². The van der Waals surface area contributed by atoms with E-state index in [9.17, 15) is 10.4 Å². The Bertz CT molecular complexity index is 852. The highest BCUT2D eigenvalue weighted by Crippen LogP contribution is 2.44. The monoisotopic (exact) mass is 376 g/mol. The van der Waals surface area contributed by atoms with Gasteiger partial charge in [0.15, 0.2) is 6.35 Å². The summed E-state index contributed by atoms with van der Waals surface area (Å²) < 4.78 is 0. The van der Waals surface area contributed by atoms with Crippen LogP contribution in [0.4, 0.5) is 5.69 Å². The molecule has 2 fully saturated rings. The van der Waals surface area contributed by atoms with Crippen molar-refractivity contribution in [3.05, 3.63) is 65.7 Å². The van der Waals surface area contributed by atoms with E-state index in [0.717, 1.165) is 37.9 Å². The minimum absolute atomic E-state index is 0.00806. The van der Waals surface area contributed by atoms with Crippen LogP contribution in [0.3, 0.4) is 0 Å². The highest BCUT2D eigenvalue weighted by molar-refractivity contribution is 5.60. The van der Waals surface area contributed by atoms with Crippen molar-refractivity contribution in [1.82, 2.24) is 10.6 Å². The Morgan fingerprint density at radius 1 is 1.11 bits per heavy atom. The molecule has 1 spiro atoms. The molecule has 146 valence electrons. The normalized spacial score (nSPS) is 29.8. The topological polar surface area (TPSA) is 71.3 Å². The lowest BCUT2D eigenvalue weighted by Gasteiger charge is -2.45. The molecule has 0 radical (unpaired) electrons. The van der Waals surface area contributed by atoms with Crippen molar-refractivity contribution in [2.45, 2.75) is 50.0 Å². The summed E-state index contributed by atoms with van der Waals surface area (Å²) >= 11 is 0. The summed E-state index contributed by atoms with van der Waals surface area (Å²) in [5, 5.41) is 27.3. The molecule has 1 saturated carbocycles. The first-order valence-electron chi connectivity index (χ1n) is 10.1. The second kappa shape index (κ2) is 7.56. The molecule has 1 aliphatic heterocycles. The minimum Gasteiger partial charge on any atom is -0.361 e. The van der Waals surface area contributed by atoms with Gasteiger partial charge in [-0.3, -0.25) is 5.32 Å². The lowest BCUT2D eigenvalue weighted by molar-refractivity contribution is 0.106. The summed E-state index contributed by atoms with van der Waals surface area (Å²) in [6.45, 7) is 3.80. The number of aliphatic hydroxyl groups is 1. The zero-order chi connectivity index (χ0) is 19.6. The summed E-state index contributed by atoms with van der Waals surface area (Å²) in [4.78, 5) is 1.93. The molecule has 5 nitrogen and oxygen atoms in total. The van der Waals surface area contributed by atoms with Gasteiger partial charge in [0, 0.05) is 17.6 Å². The SMILES string of the molecule is CCN[C@]1(c2ccccc2)CC[C@]2(CC1)CN(c1ccccc1C#N)C(O)N2. The quantitative estimate of drug-likeness (QED) is 0.765. The molecule has 3 N–H and O–H groups in total. The lowest BCUT2D eigenvalue weighted by Crippen LogP contribution is -2.54. The van der Waals surface area contributed by atoms with Gasteiger partial charge in [0.2, 0.25) is 0 Å². The summed E-state index contributed by atoms with van der Waals surface area (Å²) in [6, 6.07) is 20.5. The molecule has 1 unspecified atom stereocenters. The molecule has 0 aromatic heterocycles. The molecular weight excluding hydrogens is 348 g/mol. The third-order valence-electron chi connectivity index (χ3n) is 6.44. The van der Waals surface area contributed by atoms with Gasteiger partial charge >= 0.3 is 0 Å². The van der Waals surface area contributed by atoms with E-state index in [2.05, 4.69) is 54.0 Å². The predicted molar refractivity (Wildman–Crippen MR) is 111 cm³/mol. The first-order chi connectivity index (χ1) is 13.6. The molecule has 2 aliphatic rings. The molecule has 5 heteroatoms. The molecule has 2 aromatic carbocycles. The fourth-order valence-corrected chi connectivity index (χ4v) is 4.97. The lowest BCUT2D eigenvalue weighted by atomic mass is 9.69. The Hall–Kier alpha value is -2.39. The summed E-state index contributed by atoms with van der Waals surface area (Å²) in [5.74, 6) is 0. The van der Waals surface area contributed by atoms with Crippen molar-refractivity contribution in [1.29, 1.82) is 5.26 Å². The van der Waals surface area contributed by atoms with Crippen LogP contribution in [0.15, 0.2) is 54.6 Å². The van der Waals surface area contributed by atoms with Crippen LogP contribution >= 0.6 is 0 Å². The second-order valence-electron chi connectivity index (χ2n) is 8.03. The Morgan fingerprint density at radius 3 is 2.46 bits per heavy atom. The Labute approximate surface area is 167 Å². The molecule has 1 saturated heterocycles. The van der Waals surface area contributed by atoms with Gasteiger partial charge in [-0.2, -0.15) is 5.26 Å². The van der Waals surface area contributed by atoms with Crippen LogP contribution in [0, 0.1) is 11.3 Å². The van der Waals surface area contributed by atoms with Crippen LogP contribution in [-0.4, -0.2) is 30.1 Å². The minimum atomic E-state index is -0.766. The third kappa shape index (κ3) is 3.29. The van der Waals surface area contributed by atoms with Gasteiger partial charge in [0.1, 0.15) is 6.07 Å². The van der Waals surface area contributed by atoms with Gasteiger partial charge in [-0.15, -0.1) is 0 Å². The number of aliphatic hydroxyl groups excluding tert-OH is 1. The predicted octanol–water partition coefficient (Wildman–Crippen LogP) is 3.06. The molecule has 1 heterocycles. The van der Waals surface area contributed by atoms with Gasteiger partial charge in [-0.05, 0) is 49.9 Å². The number of hydrogen-bond donors (Lipinski definition) is 3. The maximum Gasteiger partial charge on any atom is 0.184 e. The van der Waals surface area contributed by atoms with Gasteiger partial charge < -0.3 is 15.3 Å². The van der Waals surface area contributed by atoms with E-state index in [4.69, 9.17) is 0 Å². The fraction of sp³-hybridized carbons (Fsp3) is 0.435. The number of para-hydroxylation sites is 1. The standard InChI is InChI=1S/C23H28N4O/c1-2-25-23(19-9-4-3-5-10-19)14-12-22(13-15-23)17-27(21(28)26-22)20-11-7-6-8-18(20)16-24/h3-11,21,25-26,28H,2,12-15,17H2,1H3/t21?,22-,23+. The smallest absolute Gasteiger partial charge is 0.184 e. The number of rotatable bonds is 4. The van der Waals surface area contributed by atoms with E-state index in [1.165, 1.54) is 5.56 Å². The van der Waals surface area contributed by atoms with Gasteiger partial charge in [-0.1, -0.05) is 49.4 Å². The van der Waals surface area contributed by atoms with E-state index < -0.39 is 6.35 Å². The van der Waals surface area contributed by atoms with E-state index in [-0.39, 0.29) is 11.1 Å². The zero-order valence-electron chi connectivity index (χ0n) is 16.4. The molecule has 0 amide bonds. The molecule has 4 rings (SSSR count). The largest absolute Gasteiger partial charge is 0.361 e. The van der Waals surface area contributed by atoms with Crippen LogP contribution < -0.4 is 15.5 Å². The van der Waals surface area contributed by atoms with Crippen molar-refractivity contribution in [3.8, 4) is 6.07 Å². The van der Waals surface area contributed by atoms with E-state index >= 15 is 0 Å². The van der Waals surface area contributed by atoms with E-state index in [1.54, 1.807) is 6.07 Å². The summed E-state index contributed by atoms with van der Waals surface area (Å²) in [5.41, 5.74) is 2.61. The maximum absolute atomic E-state index is 10.7. The number of benzene rings is 2. The number of nitriles is 1. The molecule has 1 atom stereocenters. The number of hydrogen-bond acceptors (Lipinski definition) is 5. The molecule has 1 aliphatic carbocycles. The van der Waals surface area contributed by atoms with Crippen molar-refractivity contribution in [2.75, 3.05) is 18.0 Å². The first kappa shape index (κ1) is 18.9. The van der Waals surface area contributed by atoms with Crippen LogP contribution in [0.1, 0.15) is 43.7 Å². The van der Waals surface area contributed by atoms with Crippen molar-refractivity contribution in [2.24, 2.45) is 0 Å². The zero-order valence-corrected chi connectivity index (χ0v) is 16.4.